The zero-order valence-electron chi connectivity index (χ0n) is 32.3. The van der Waals surface area contributed by atoms with Gasteiger partial charge in [-0.3, -0.25) is 9.59 Å². The topological polar surface area (TPSA) is 94.5 Å². The van der Waals surface area contributed by atoms with Crippen LogP contribution in [-0.2, 0) is 30.1 Å². The zero-order valence-corrected chi connectivity index (χ0v) is 32.3. The molecule has 1 spiro atoms. The molecule has 2 fully saturated rings. The van der Waals surface area contributed by atoms with Crippen LogP contribution in [0.5, 0.6) is 11.5 Å². The van der Waals surface area contributed by atoms with Gasteiger partial charge in [-0.1, -0.05) is 111 Å². The minimum Gasteiger partial charge on any atom is -0.490 e. The number of nitrogens with zero attached hydrogens (tertiary/aromatic N) is 1. The van der Waals surface area contributed by atoms with Crippen molar-refractivity contribution in [2.24, 2.45) is 0 Å². The summed E-state index contributed by atoms with van der Waals surface area (Å²) in [5, 5.41) is 11.2. The number of morpholine rings is 1. The van der Waals surface area contributed by atoms with Crippen molar-refractivity contribution in [3.8, 4) is 22.6 Å². The van der Waals surface area contributed by atoms with Gasteiger partial charge in [0.1, 0.15) is 24.7 Å². The summed E-state index contributed by atoms with van der Waals surface area (Å²) in [6.07, 6.45) is 12.7. The zero-order chi connectivity index (χ0) is 38.8. The van der Waals surface area contributed by atoms with Crippen molar-refractivity contribution in [3.05, 3.63) is 131 Å². The van der Waals surface area contributed by atoms with E-state index in [0.717, 1.165) is 67.1 Å². The van der Waals surface area contributed by atoms with E-state index in [1.807, 2.05) is 12.1 Å². The number of anilines is 1. The summed E-state index contributed by atoms with van der Waals surface area (Å²) in [5.74, 6) is -0.0353. The second-order valence-electron chi connectivity index (χ2n) is 15.7. The van der Waals surface area contributed by atoms with Gasteiger partial charge in [-0.25, -0.2) is 0 Å². The Bertz CT molecular complexity index is 2300. The molecular weight excluding hydrogens is 715 g/mol. The highest BCUT2D eigenvalue weighted by atomic mass is 16.6. The molecule has 0 radical (unpaired) electrons. The van der Waals surface area contributed by atoms with Crippen molar-refractivity contribution in [2.45, 2.75) is 68.8 Å². The molecule has 1 unspecified atom stereocenters. The molecule has 8 heteroatoms. The molecule has 0 amide bonds. The van der Waals surface area contributed by atoms with Crippen LogP contribution in [0.3, 0.4) is 0 Å². The van der Waals surface area contributed by atoms with Crippen LogP contribution in [-0.4, -0.2) is 56.6 Å². The molecule has 2 aliphatic carbocycles. The van der Waals surface area contributed by atoms with E-state index in [-0.39, 0.29) is 31.5 Å². The maximum atomic E-state index is 11.9. The third-order valence-electron chi connectivity index (χ3n) is 12.5. The number of carboxylic acid groups (broad SMARTS) is 1. The molecule has 2 heterocycles. The molecule has 9 rings (SSSR count). The van der Waals surface area contributed by atoms with E-state index < -0.39 is 17.5 Å². The van der Waals surface area contributed by atoms with Gasteiger partial charge < -0.3 is 29.0 Å². The average molecular weight is 764 g/mol. The van der Waals surface area contributed by atoms with Crippen molar-refractivity contribution >= 4 is 34.5 Å². The standard InChI is InChI=1S/C49H49NO7/c51-43(52)22-23-44(53)56-33-32-55-37-20-16-35(17-21-37)49(34-14-18-36(19-15-34)50-28-30-54-31-29-50)27-24-41-46-45(38-10-4-5-11-39(38)47(41)57-49)40-12-6-7-13-42(40)48(46)25-8-2-1-3-9-26-48/h4-7,10-21,24,27H,1-3,8-9,22-23,25-26,28-33H2,(H,51,52). The second-order valence-corrected chi connectivity index (χ2v) is 15.7. The van der Waals surface area contributed by atoms with Gasteiger partial charge in [0, 0.05) is 46.3 Å². The number of carboxylic acids is 1. The van der Waals surface area contributed by atoms with Crippen molar-refractivity contribution in [2.75, 3.05) is 44.4 Å². The molecule has 5 aromatic rings. The molecule has 5 aromatic carbocycles. The number of ether oxygens (including phenoxy) is 4. The Morgan fingerprint density at radius 1 is 0.737 bits per heavy atom. The Morgan fingerprint density at radius 2 is 1.40 bits per heavy atom. The summed E-state index contributed by atoms with van der Waals surface area (Å²) in [6, 6.07) is 34.7. The normalized spacial score (nSPS) is 19.5. The Hall–Kier alpha value is -5.60. The molecule has 1 saturated heterocycles. The minimum atomic E-state index is -1.03. The maximum absolute atomic E-state index is 11.9. The Labute approximate surface area is 334 Å². The number of aliphatic carboxylic acids is 1. The molecule has 292 valence electrons. The summed E-state index contributed by atoms with van der Waals surface area (Å²) in [4.78, 5) is 25.1. The van der Waals surface area contributed by atoms with Gasteiger partial charge in [0.2, 0.25) is 0 Å². The molecule has 4 aliphatic rings. The van der Waals surface area contributed by atoms with E-state index in [0.29, 0.717) is 5.75 Å². The SMILES string of the molecule is O=C(O)CCC(=O)OCCOc1ccc(C2(c3ccc(N4CCOCC4)cc3)C=Cc3c4c(c5ccccc5c3O2)-c2ccccc2C42CCCCCCC2)cc1. The van der Waals surface area contributed by atoms with Crippen molar-refractivity contribution in [1.29, 1.82) is 0 Å². The highest BCUT2D eigenvalue weighted by Crippen LogP contribution is 2.61. The highest BCUT2D eigenvalue weighted by Gasteiger charge is 2.48. The summed E-state index contributed by atoms with van der Waals surface area (Å²) >= 11 is 0. The number of hydrogen-bond donors (Lipinski definition) is 1. The Kier molecular flexibility index (Phi) is 10.2. The van der Waals surface area contributed by atoms with E-state index in [2.05, 4.69) is 102 Å². The lowest BCUT2D eigenvalue weighted by molar-refractivity contribution is -0.148. The summed E-state index contributed by atoms with van der Waals surface area (Å²) < 4.78 is 24.4. The second kappa shape index (κ2) is 15.7. The number of hydrogen-bond acceptors (Lipinski definition) is 7. The minimum absolute atomic E-state index is 0.0328. The largest absolute Gasteiger partial charge is 0.490 e. The molecule has 8 nitrogen and oxygen atoms in total. The number of benzene rings is 5. The first-order valence-corrected chi connectivity index (χ1v) is 20.6. The fourth-order valence-corrected chi connectivity index (χ4v) is 9.76. The van der Waals surface area contributed by atoms with Gasteiger partial charge in [-0.15, -0.1) is 0 Å². The van der Waals surface area contributed by atoms with Gasteiger partial charge in [0.05, 0.1) is 26.1 Å². The van der Waals surface area contributed by atoms with Crippen molar-refractivity contribution in [1.82, 2.24) is 0 Å². The predicted molar refractivity (Wildman–Crippen MR) is 222 cm³/mol. The number of carbonyl (C=O) groups is 2. The van der Waals surface area contributed by atoms with E-state index in [1.165, 1.54) is 65.3 Å². The maximum Gasteiger partial charge on any atom is 0.306 e. The summed E-state index contributed by atoms with van der Waals surface area (Å²) in [6.45, 7) is 3.34. The van der Waals surface area contributed by atoms with E-state index in [4.69, 9.17) is 24.1 Å². The molecule has 0 bridgehead atoms. The average Bonchev–Trinajstić information content (AvgIpc) is 3.54. The van der Waals surface area contributed by atoms with Crippen LogP contribution < -0.4 is 14.4 Å². The smallest absolute Gasteiger partial charge is 0.306 e. The number of fused-ring (bicyclic) bond motifs is 10. The molecule has 1 atom stereocenters. The van der Waals surface area contributed by atoms with E-state index in [1.54, 1.807) is 0 Å². The monoisotopic (exact) mass is 763 g/mol. The lowest BCUT2D eigenvalue weighted by atomic mass is 9.67. The highest BCUT2D eigenvalue weighted by molar-refractivity contribution is 6.08. The lowest BCUT2D eigenvalue weighted by Gasteiger charge is -2.40. The van der Waals surface area contributed by atoms with Crippen LogP contribution in [0.4, 0.5) is 5.69 Å². The fourth-order valence-electron chi connectivity index (χ4n) is 9.76. The molecule has 57 heavy (non-hydrogen) atoms. The number of carbonyl (C=O) groups excluding carboxylic acids is 1. The first-order valence-electron chi connectivity index (χ1n) is 20.6. The van der Waals surface area contributed by atoms with E-state index >= 15 is 0 Å². The lowest BCUT2D eigenvalue weighted by Crippen LogP contribution is -2.37. The third-order valence-corrected chi connectivity index (χ3v) is 12.5. The molecule has 0 aromatic heterocycles. The van der Waals surface area contributed by atoms with Gasteiger partial charge in [-0.2, -0.15) is 0 Å². The first kappa shape index (κ1) is 37.0. The third kappa shape index (κ3) is 6.84. The van der Waals surface area contributed by atoms with Gasteiger partial charge in [0.25, 0.3) is 0 Å². The molecule has 1 N–H and O–H groups in total. The quantitative estimate of drug-likeness (QED) is 0.111. The molecular formula is C49H49NO7. The van der Waals surface area contributed by atoms with Crippen molar-refractivity contribution < 1.29 is 33.6 Å². The number of esters is 1. The van der Waals surface area contributed by atoms with Gasteiger partial charge in [0.15, 0.2) is 5.60 Å². The van der Waals surface area contributed by atoms with Gasteiger partial charge in [-0.05, 0) is 70.8 Å². The molecule has 1 saturated carbocycles. The van der Waals surface area contributed by atoms with Crippen molar-refractivity contribution in [3.63, 3.8) is 0 Å². The van der Waals surface area contributed by atoms with Crippen LogP contribution >= 0.6 is 0 Å². The Balaban J connectivity index is 1.12. The number of rotatable bonds is 10. The van der Waals surface area contributed by atoms with Crippen LogP contribution in [0.15, 0.2) is 103 Å². The summed E-state index contributed by atoms with van der Waals surface area (Å²) in [7, 11) is 0. The molecule has 2 aliphatic heterocycles. The van der Waals surface area contributed by atoms with Crippen LogP contribution in [0.2, 0.25) is 0 Å². The predicted octanol–water partition coefficient (Wildman–Crippen LogP) is 9.82. The first-order chi connectivity index (χ1) is 28.0. The van der Waals surface area contributed by atoms with E-state index in [9.17, 15) is 9.59 Å². The van der Waals surface area contributed by atoms with Gasteiger partial charge >= 0.3 is 11.9 Å². The summed E-state index contributed by atoms with van der Waals surface area (Å²) in [5.41, 5.74) is 8.96. The Morgan fingerprint density at radius 3 is 2.14 bits per heavy atom. The van der Waals surface area contributed by atoms with Crippen LogP contribution in [0.25, 0.3) is 28.0 Å². The van der Waals surface area contributed by atoms with Crippen LogP contribution in [0.1, 0.15) is 85.6 Å². The van der Waals surface area contributed by atoms with Crippen LogP contribution in [0, 0.1) is 0 Å². The fraction of sp³-hybridized carbons (Fsp3) is 0.347.